The Morgan fingerprint density at radius 3 is 2.72 bits per heavy atom. The van der Waals surface area contributed by atoms with Gasteiger partial charge in [0.25, 0.3) is 0 Å². The van der Waals surface area contributed by atoms with Crippen molar-refractivity contribution in [3.63, 3.8) is 0 Å². The van der Waals surface area contributed by atoms with Gasteiger partial charge in [0.05, 0.1) is 16.3 Å². The van der Waals surface area contributed by atoms with Crippen molar-refractivity contribution >= 4 is 15.5 Å². The van der Waals surface area contributed by atoms with E-state index in [1.807, 2.05) is 6.92 Å². The third-order valence-electron chi connectivity index (χ3n) is 2.49. The number of benzene rings is 1. The zero-order valence-corrected chi connectivity index (χ0v) is 11.0. The molecule has 0 amide bonds. The van der Waals surface area contributed by atoms with Crippen molar-refractivity contribution < 1.29 is 8.42 Å². The van der Waals surface area contributed by atoms with E-state index in [0.717, 1.165) is 5.56 Å². The molecule has 0 aliphatic carbocycles. The zero-order valence-electron chi connectivity index (χ0n) is 10.2. The molecule has 18 heavy (non-hydrogen) atoms. The number of nitrogens with two attached hydrogens (primary N) is 1. The molecule has 0 atom stereocenters. The summed E-state index contributed by atoms with van der Waals surface area (Å²) in [5.74, 6) is -0.200. The number of aromatic nitrogens is 3. The van der Waals surface area contributed by atoms with Crippen LogP contribution in [0.5, 0.6) is 0 Å². The van der Waals surface area contributed by atoms with E-state index in [-0.39, 0.29) is 16.3 Å². The van der Waals surface area contributed by atoms with Gasteiger partial charge in [-0.05, 0) is 24.6 Å². The van der Waals surface area contributed by atoms with Crippen LogP contribution in [0.15, 0.2) is 29.3 Å². The molecule has 2 aromatic rings. The molecule has 96 valence electrons. The maximum atomic E-state index is 12.2. The standard InChI is InChI=1S/C11H14N4O2S/c1-8-3-4-10(12)11(5-8)18(16,17)7-9-6-15(2)14-13-9/h3-6H,7,12H2,1-2H3. The van der Waals surface area contributed by atoms with Crippen molar-refractivity contribution in [2.24, 2.45) is 7.05 Å². The fourth-order valence-electron chi connectivity index (χ4n) is 1.64. The highest BCUT2D eigenvalue weighted by molar-refractivity contribution is 7.90. The van der Waals surface area contributed by atoms with Crippen LogP contribution >= 0.6 is 0 Å². The summed E-state index contributed by atoms with van der Waals surface area (Å²) in [6, 6.07) is 4.94. The third-order valence-corrected chi connectivity index (χ3v) is 4.19. The van der Waals surface area contributed by atoms with E-state index < -0.39 is 9.84 Å². The lowest BCUT2D eigenvalue weighted by atomic mass is 10.2. The Balaban J connectivity index is 2.39. The first kappa shape index (κ1) is 12.6. The van der Waals surface area contributed by atoms with Crippen molar-refractivity contribution in [2.75, 3.05) is 5.73 Å². The fraction of sp³-hybridized carbons (Fsp3) is 0.273. The number of anilines is 1. The van der Waals surface area contributed by atoms with Gasteiger partial charge in [-0.2, -0.15) is 0 Å². The van der Waals surface area contributed by atoms with E-state index >= 15 is 0 Å². The lowest BCUT2D eigenvalue weighted by Crippen LogP contribution is -2.08. The third kappa shape index (κ3) is 2.51. The highest BCUT2D eigenvalue weighted by Crippen LogP contribution is 2.23. The number of hydrogen-bond acceptors (Lipinski definition) is 5. The maximum Gasteiger partial charge on any atom is 0.186 e. The van der Waals surface area contributed by atoms with E-state index in [2.05, 4.69) is 10.3 Å². The summed E-state index contributed by atoms with van der Waals surface area (Å²) >= 11 is 0. The summed E-state index contributed by atoms with van der Waals surface area (Å²) in [4.78, 5) is 0.146. The van der Waals surface area contributed by atoms with Gasteiger partial charge in [-0.1, -0.05) is 11.3 Å². The molecule has 0 fully saturated rings. The molecule has 0 saturated heterocycles. The first-order valence-electron chi connectivity index (χ1n) is 5.32. The smallest absolute Gasteiger partial charge is 0.186 e. The van der Waals surface area contributed by atoms with Crippen LogP contribution in [0.4, 0.5) is 5.69 Å². The van der Waals surface area contributed by atoms with Crippen LogP contribution in [-0.4, -0.2) is 23.4 Å². The Kier molecular flexibility index (Phi) is 3.08. The maximum absolute atomic E-state index is 12.2. The van der Waals surface area contributed by atoms with E-state index in [4.69, 9.17) is 5.73 Å². The van der Waals surface area contributed by atoms with Crippen LogP contribution in [-0.2, 0) is 22.6 Å². The second-order valence-electron chi connectivity index (χ2n) is 4.18. The van der Waals surface area contributed by atoms with Crippen molar-refractivity contribution in [3.05, 3.63) is 35.7 Å². The molecule has 0 radical (unpaired) electrons. The second kappa shape index (κ2) is 4.41. The Morgan fingerprint density at radius 1 is 1.39 bits per heavy atom. The lowest BCUT2D eigenvalue weighted by Gasteiger charge is -2.06. The average molecular weight is 266 g/mol. The number of sulfone groups is 1. The van der Waals surface area contributed by atoms with Crippen LogP contribution < -0.4 is 5.73 Å². The molecule has 0 bridgehead atoms. The van der Waals surface area contributed by atoms with Gasteiger partial charge >= 0.3 is 0 Å². The summed E-state index contributed by atoms with van der Waals surface area (Å²) in [7, 11) is -1.81. The predicted octanol–water partition coefficient (Wildman–Crippen LogP) is 0.680. The highest BCUT2D eigenvalue weighted by atomic mass is 32.2. The summed E-state index contributed by atoms with van der Waals surface area (Å²) in [5.41, 5.74) is 7.22. The average Bonchev–Trinajstić information content (AvgIpc) is 2.66. The molecule has 1 heterocycles. The largest absolute Gasteiger partial charge is 0.398 e. The number of nitrogens with zero attached hydrogens (tertiary/aromatic N) is 3. The minimum absolute atomic E-state index is 0.146. The van der Waals surface area contributed by atoms with Crippen molar-refractivity contribution in [1.82, 2.24) is 15.0 Å². The normalized spacial score (nSPS) is 11.7. The van der Waals surface area contributed by atoms with Gasteiger partial charge in [-0.3, -0.25) is 4.68 Å². The van der Waals surface area contributed by atoms with E-state index in [1.165, 1.54) is 4.68 Å². The van der Waals surface area contributed by atoms with Crippen molar-refractivity contribution in [3.8, 4) is 0 Å². The minimum atomic E-state index is -3.49. The predicted molar refractivity (Wildman–Crippen MR) is 67.5 cm³/mol. The molecule has 1 aromatic heterocycles. The first-order valence-corrected chi connectivity index (χ1v) is 6.98. The Bertz CT molecular complexity index is 676. The number of nitrogen functional groups attached to an aromatic ring is 1. The highest BCUT2D eigenvalue weighted by Gasteiger charge is 2.20. The van der Waals surface area contributed by atoms with Gasteiger partial charge < -0.3 is 5.73 Å². The zero-order chi connectivity index (χ0) is 13.3. The molecule has 2 rings (SSSR count). The van der Waals surface area contributed by atoms with Crippen LogP contribution in [0.25, 0.3) is 0 Å². The van der Waals surface area contributed by atoms with Crippen LogP contribution in [0.3, 0.4) is 0 Å². The van der Waals surface area contributed by atoms with Crippen LogP contribution in [0.1, 0.15) is 11.3 Å². The summed E-state index contributed by atoms with van der Waals surface area (Å²) in [6.07, 6.45) is 1.57. The Hall–Kier alpha value is -1.89. The number of hydrogen-bond donors (Lipinski definition) is 1. The van der Waals surface area contributed by atoms with E-state index in [9.17, 15) is 8.42 Å². The molecule has 2 N–H and O–H groups in total. The molecule has 0 aliphatic heterocycles. The fourth-order valence-corrected chi connectivity index (χ4v) is 3.11. The summed E-state index contributed by atoms with van der Waals surface area (Å²) in [6.45, 7) is 1.82. The number of rotatable bonds is 3. The van der Waals surface area contributed by atoms with Gasteiger partial charge in [0, 0.05) is 13.2 Å². The van der Waals surface area contributed by atoms with Gasteiger partial charge in [-0.15, -0.1) is 5.10 Å². The summed E-state index contributed by atoms with van der Waals surface area (Å²) < 4.78 is 25.9. The molecular weight excluding hydrogens is 252 g/mol. The molecular formula is C11H14N4O2S. The monoisotopic (exact) mass is 266 g/mol. The van der Waals surface area contributed by atoms with Gasteiger partial charge in [0.2, 0.25) is 0 Å². The van der Waals surface area contributed by atoms with Gasteiger partial charge in [-0.25, -0.2) is 8.42 Å². The molecule has 7 heteroatoms. The van der Waals surface area contributed by atoms with Gasteiger partial charge in [0.1, 0.15) is 5.75 Å². The molecule has 0 unspecified atom stereocenters. The second-order valence-corrected chi connectivity index (χ2v) is 6.14. The lowest BCUT2D eigenvalue weighted by molar-refractivity contribution is 0.595. The van der Waals surface area contributed by atoms with Crippen LogP contribution in [0, 0.1) is 6.92 Å². The molecule has 6 nitrogen and oxygen atoms in total. The molecule has 0 saturated carbocycles. The molecule has 1 aromatic carbocycles. The minimum Gasteiger partial charge on any atom is -0.398 e. The molecule has 0 aliphatic rings. The topological polar surface area (TPSA) is 90.9 Å². The SMILES string of the molecule is Cc1ccc(N)c(S(=O)(=O)Cc2cn(C)nn2)c1. The van der Waals surface area contributed by atoms with E-state index in [0.29, 0.717) is 5.69 Å². The summed E-state index contributed by atoms with van der Waals surface area (Å²) in [5, 5.41) is 7.48. The van der Waals surface area contributed by atoms with Crippen LogP contribution in [0.2, 0.25) is 0 Å². The van der Waals surface area contributed by atoms with E-state index in [1.54, 1.807) is 31.4 Å². The number of aryl methyl sites for hydroxylation is 2. The molecule has 0 spiro atoms. The van der Waals surface area contributed by atoms with Gasteiger partial charge in [0.15, 0.2) is 9.84 Å². The quantitative estimate of drug-likeness (QED) is 0.825. The first-order chi connectivity index (χ1) is 8.38. The Labute approximate surface area is 105 Å². The van der Waals surface area contributed by atoms with Crippen molar-refractivity contribution in [2.45, 2.75) is 17.6 Å². The Morgan fingerprint density at radius 2 is 2.11 bits per heavy atom. The van der Waals surface area contributed by atoms with Crippen molar-refractivity contribution in [1.29, 1.82) is 0 Å².